The minimum absolute atomic E-state index is 0.0826. The number of halogens is 1. The number of nitrogens with one attached hydrogen (secondary N) is 1. The summed E-state index contributed by atoms with van der Waals surface area (Å²) in [6, 6.07) is 4.74. The zero-order valence-corrected chi connectivity index (χ0v) is 11.2. The van der Waals surface area contributed by atoms with E-state index in [1.54, 1.807) is 13.2 Å². The smallest absolute Gasteiger partial charge is 0.273 e. The van der Waals surface area contributed by atoms with E-state index in [-0.39, 0.29) is 11.7 Å². The van der Waals surface area contributed by atoms with Crippen LogP contribution >= 0.6 is 11.6 Å². The maximum Gasteiger partial charge on any atom is 0.273 e. The molecule has 0 heterocycles. The molecule has 1 aromatic carbocycles. The zero-order chi connectivity index (χ0) is 13.5. The largest absolute Gasteiger partial charge is 0.383 e. The van der Waals surface area contributed by atoms with Gasteiger partial charge in [-0.2, -0.15) is 0 Å². The number of hydrogen-bond donors (Lipinski definition) is 1. The third-order valence-electron chi connectivity index (χ3n) is 2.68. The van der Waals surface area contributed by atoms with Crippen LogP contribution in [0, 0.1) is 10.1 Å². The highest BCUT2D eigenvalue weighted by Crippen LogP contribution is 2.22. The fourth-order valence-corrected chi connectivity index (χ4v) is 1.85. The highest BCUT2D eigenvalue weighted by atomic mass is 35.5. The van der Waals surface area contributed by atoms with Gasteiger partial charge in [0.05, 0.1) is 11.5 Å². The quantitative estimate of drug-likeness (QED) is 0.612. The summed E-state index contributed by atoms with van der Waals surface area (Å²) in [7, 11) is 1.63. The fourth-order valence-electron chi connectivity index (χ4n) is 1.65. The summed E-state index contributed by atoms with van der Waals surface area (Å²) in [5, 5.41) is 14.6. The van der Waals surface area contributed by atoms with E-state index in [9.17, 15) is 10.1 Å². The average molecular weight is 273 g/mol. The van der Waals surface area contributed by atoms with Crippen molar-refractivity contribution in [3.8, 4) is 0 Å². The molecule has 0 radical (unpaired) electrons. The molecule has 0 bridgehead atoms. The van der Waals surface area contributed by atoms with Crippen molar-refractivity contribution < 1.29 is 9.66 Å². The second kappa shape index (κ2) is 7.31. The van der Waals surface area contributed by atoms with E-state index in [0.29, 0.717) is 23.7 Å². The molecule has 0 aliphatic heterocycles. The van der Waals surface area contributed by atoms with Crippen molar-refractivity contribution in [1.82, 2.24) is 5.32 Å². The molecule has 0 spiro atoms. The number of hydrogen-bond acceptors (Lipinski definition) is 4. The highest BCUT2D eigenvalue weighted by molar-refractivity contribution is 6.30. The number of nitro benzene ring substituents is 1. The van der Waals surface area contributed by atoms with Gasteiger partial charge in [-0.15, -0.1) is 0 Å². The SMILES string of the molecule is CCC(COC)NCc1cc(Cl)ccc1[N+](=O)[O-]. The first kappa shape index (κ1) is 14.9. The Kier molecular flexibility index (Phi) is 6.04. The molecule has 5 nitrogen and oxygen atoms in total. The van der Waals surface area contributed by atoms with E-state index in [2.05, 4.69) is 5.32 Å². The highest BCUT2D eigenvalue weighted by Gasteiger charge is 2.15. The molecule has 1 rings (SSSR count). The number of nitro groups is 1. The topological polar surface area (TPSA) is 64.4 Å². The van der Waals surface area contributed by atoms with Crippen LogP contribution in [0.4, 0.5) is 5.69 Å². The molecule has 6 heteroatoms. The Balaban J connectivity index is 2.76. The van der Waals surface area contributed by atoms with Crippen LogP contribution in [0.2, 0.25) is 5.02 Å². The lowest BCUT2D eigenvalue weighted by Gasteiger charge is -2.15. The van der Waals surface area contributed by atoms with Gasteiger partial charge in [-0.25, -0.2) is 0 Å². The predicted molar refractivity (Wildman–Crippen MR) is 70.9 cm³/mol. The third-order valence-corrected chi connectivity index (χ3v) is 2.92. The lowest BCUT2D eigenvalue weighted by atomic mass is 10.1. The molecular weight excluding hydrogens is 256 g/mol. The van der Waals surface area contributed by atoms with Gasteiger partial charge in [-0.1, -0.05) is 18.5 Å². The van der Waals surface area contributed by atoms with Crippen LogP contribution in [0.5, 0.6) is 0 Å². The molecule has 0 saturated heterocycles. The van der Waals surface area contributed by atoms with Crippen LogP contribution in [0.3, 0.4) is 0 Å². The summed E-state index contributed by atoms with van der Waals surface area (Å²) >= 11 is 5.86. The first-order valence-electron chi connectivity index (χ1n) is 5.73. The lowest BCUT2D eigenvalue weighted by molar-refractivity contribution is -0.385. The van der Waals surface area contributed by atoms with Crippen LogP contribution in [-0.4, -0.2) is 24.7 Å². The minimum Gasteiger partial charge on any atom is -0.383 e. The second-order valence-electron chi connectivity index (χ2n) is 3.97. The molecule has 0 fully saturated rings. The van der Waals surface area contributed by atoms with Crippen LogP contribution in [0.25, 0.3) is 0 Å². The molecule has 1 aromatic rings. The van der Waals surface area contributed by atoms with E-state index < -0.39 is 4.92 Å². The Morgan fingerprint density at radius 2 is 2.28 bits per heavy atom. The van der Waals surface area contributed by atoms with E-state index in [4.69, 9.17) is 16.3 Å². The Labute approximate surface area is 111 Å². The van der Waals surface area contributed by atoms with Crippen LogP contribution in [0.15, 0.2) is 18.2 Å². The number of rotatable bonds is 7. The Bertz CT molecular complexity index is 412. The molecular formula is C12H17ClN2O3. The summed E-state index contributed by atoms with van der Waals surface area (Å²) < 4.78 is 5.06. The second-order valence-corrected chi connectivity index (χ2v) is 4.41. The summed E-state index contributed by atoms with van der Waals surface area (Å²) in [5.74, 6) is 0. The van der Waals surface area contributed by atoms with Crippen LogP contribution in [-0.2, 0) is 11.3 Å². The molecule has 1 unspecified atom stereocenters. The summed E-state index contributed by atoms with van der Waals surface area (Å²) in [4.78, 5) is 10.5. The molecule has 0 amide bonds. The van der Waals surface area contributed by atoms with E-state index >= 15 is 0 Å². The molecule has 0 aliphatic rings. The van der Waals surface area contributed by atoms with Crippen molar-refractivity contribution >= 4 is 17.3 Å². The maximum atomic E-state index is 10.9. The van der Waals surface area contributed by atoms with Gasteiger partial charge in [0.15, 0.2) is 0 Å². The van der Waals surface area contributed by atoms with E-state index in [0.717, 1.165) is 6.42 Å². The molecule has 18 heavy (non-hydrogen) atoms. The van der Waals surface area contributed by atoms with Crippen molar-refractivity contribution in [3.05, 3.63) is 38.9 Å². The average Bonchev–Trinajstić information content (AvgIpc) is 2.34. The third kappa shape index (κ3) is 4.25. The van der Waals surface area contributed by atoms with E-state index in [1.807, 2.05) is 6.92 Å². The van der Waals surface area contributed by atoms with Gasteiger partial charge >= 0.3 is 0 Å². The Morgan fingerprint density at radius 1 is 1.56 bits per heavy atom. The molecule has 0 aromatic heterocycles. The fraction of sp³-hybridized carbons (Fsp3) is 0.500. The molecule has 100 valence electrons. The van der Waals surface area contributed by atoms with Gasteiger partial charge in [-0.3, -0.25) is 10.1 Å². The van der Waals surface area contributed by atoms with Gasteiger partial charge in [0.25, 0.3) is 5.69 Å². The monoisotopic (exact) mass is 272 g/mol. The van der Waals surface area contributed by atoms with Crippen molar-refractivity contribution in [2.24, 2.45) is 0 Å². The molecule has 1 N–H and O–H groups in total. The van der Waals surface area contributed by atoms with Gasteiger partial charge in [0, 0.05) is 36.3 Å². The summed E-state index contributed by atoms with van der Waals surface area (Å²) in [6.07, 6.45) is 0.891. The molecule has 0 saturated carbocycles. The van der Waals surface area contributed by atoms with Crippen molar-refractivity contribution in [1.29, 1.82) is 0 Å². The normalized spacial score (nSPS) is 12.4. The first-order valence-corrected chi connectivity index (χ1v) is 6.11. The Morgan fingerprint density at radius 3 is 2.83 bits per heavy atom. The van der Waals surface area contributed by atoms with Crippen LogP contribution < -0.4 is 5.32 Å². The van der Waals surface area contributed by atoms with Gasteiger partial charge in [0.2, 0.25) is 0 Å². The molecule has 1 atom stereocenters. The maximum absolute atomic E-state index is 10.9. The lowest BCUT2D eigenvalue weighted by Crippen LogP contribution is -2.32. The number of nitrogens with zero attached hydrogens (tertiary/aromatic N) is 1. The number of benzene rings is 1. The van der Waals surface area contributed by atoms with Gasteiger partial charge < -0.3 is 10.1 Å². The summed E-state index contributed by atoms with van der Waals surface area (Å²) in [6.45, 7) is 3.01. The van der Waals surface area contributed by atoms with E-state index in [1.165, 1.54) is 12.1 Å². The Hall–Kier alpha value is -1.17. The van der Waals surface area contributed by atoms with Gasteiger partial charge in [0.1, 0.15) is 0 Å². The predicted octanol–water partition coefficient (Wildman–Crippen LogP) is 2.76. The first-order chi connectivity index (χ1) is 8.58. The number of ether oxygens (including phenoxy) is 1. The van der Waals surface area contributed by atoms with Crippen molar-refractivity contribution in [3.63, 3.8) is 0 Å². The standard InChI is InChI=1S/C12H17ClN2O3/c1-3-11(8-18-2)14-7-9-6-10(13)4-5-12(9)15(16)17/h4-6,11,14H,3,7-8H2,1-2H3. The number of methoxy groups -OCH3 is 1. The summed E-state index contributed by atoms with van der Waals surface area (Å²) in [5.41, 5.74) is 0.668. The minimum atomic E-state index is -0.398. The zero-order valence-electron chi connectivity index (χ0n) is 10.5. The van der Waals surface area contributed by atoms with Crippen molar-refractivity contribution in [2.75, 3.05) is 13.7 Å². The van der Waals surface area contributed by atoms with Gasteiger partial charge in [-0.05, 0) is 18.6 Å². The van der Waals surface area contributed by atoms with Crippen LogP contribution in [0.1, 0.15) is 18.9 Å². The molecule has 0 aliphatic carbocycles. The van der Waals surface area contributed by atoms with Crippen molar-refractivity contribution in [2.45, 2.75) is 25.9 Å².